The fraction of sp³-hybridized carbons (Fsp3) is 0.125. The molecule has 0 amide bonds. The zero-order valence-corrected chi connectivity index (χ0v) is 11.9. The van der Waals surface area contributed by atoms with E-state index in [1.807, 2.05) is 42.5 Å². The van der Waals surface area contributed by atoms with E-state index >= 15 is 0 Å². The van der Waals surface area contributed by atoms with Crippen molar-refractivity contribution in [3.05, 3.63) is 42.5 Å². The minimum atomic E-state index is 0.405. The number of hydrogen-bond acceptors (Lipinski definition) is 3. The van der Waals surface area contributed by atoms with Gasteiger partial charge in [-0.05, 0) is 37.3 Å². The Hall–Kier alpha value is -2.82. The first-order valence-corrected chi connectivity index (χ1v) is 6.62. The van der Waals surface area contributed by atoms with Crippen molar-refractivity contribution in [1.82, 2.24) is 9.97 Å². The summed E-state index contributed by atoms with van der Waals surface area (Å²) in [6.07, 6.45) is 0. The van der Waals surface area contributed by atoms with Crippen molar-refractivity contribution in [3.63, 3.8) is 0 Å². The van der Waals surface area contributed by atoms with Gasteiger partial charge in [0, 0.05) is 11.3 Å². The predicted octanol–water partition coefficient (Wildman–Crippen LogP) is 3.65. The van der Waals surface area contributed by atoms with Gasteiger partial charge in [-0.1, -0.05) is 12.1 Å². The largest absolute Gasteiger partial charge is 0.497 e. The van der Waals surface area contributed by atoms with Crippen LogP contribution in [0.5, 0.6) is 5.75 Å². The molecule has 5 heteroatoms. The van der Waals surface area contributed by atoms with Gasteiger partial charge in [0.05, 0.1) is 24.0 Å². The fourth-order valence-corrected chi connectivity index (χ4v) is 2.21. The number of aromatic amines is 1. The summed E-state index contributed by atoms with van der Waals surface area (Å²) in [5, 5.41) is 10.5. The molecule has 0 fully saturated rings. The Balaban J connectivity index is 2.02. The zero-order valence-electron chi connectivity index (χ0n) is 11.9. The number of nitrogens with zero attached hydrogens (tertiary/aromatic N) is 1. The maximum Gasteiger partial charge on any atom is 0.138 e. The maximum absolute atomic E-state index is 7.47. The van der Waals surface area contributed by atoms with Gasteiger partial charge in [-0.3, -0.25) is 5.41 Å². The lowest BCUT2D eigenvalue weighted by molar-refractivity contribution is 0.415. The Morgan fingerprint density at radius 2 is 2.10 bits per heavy atom. The van der Waals surface area contributed by atoms with Crippen LogP contribution in [-0.2, 0) is 0 Å². The molecule has 5 nitrogen and oxygen atoms in total. The van der Waals surface area contributed by atoms with Crippen LogP contribution in [0.15, 0.2) is 42.5 Å². The van der Waals surface area contributed by atoms with Crippen LogP contribution >= 0.6 is 0 Å². The Bertz CT molecular complexity index is 807. The van der Waals surface area contributed by atoms with Crippen molar-refractivity contribution >= 4 is 22.6 Å². The molecule has 0 aliphatic carbocycles. The molecule has 3 rings (SSSR count). The minimum absolute atomic E-state index is 0.405. The van der Waals surface area contributed by atoms with E-state index in [-0.39, 0.29) is 0 Å². The van der Waals surface area contributed by atoms with Crippen LogP contribution in [0.25, 0.3) is 22.4 Å². The van der Waals surface area contributed by atoms with Gasteiger partial charge >= 0.3 is 0 Å². The topological polar surface area (TPSA) is 73.8 Å². The molecule has 0 radical (unpaired) electrons. The van der Waals surface area contributed by atoms with Crippen molar-refractivity contribution in [3.8, 4) is 17.1 Å². The molecule has 0 bridgehead atoms. The van der Waals surface area contributed by atoms with Gasteiger partial charge in [-0.2, -0.15) is 0 Å². The molecule has 0 aliphatic rings. The SMILES string of the molecule is COc1cccc(-c2nc3ccc(NC(C)=N)cc3[nH]2)c1. The lowest BCUT2D eigenvalue weighted by atomic mass is 10.2. The van der Waals surface area contributed by atoms with E-state index in [0.29, 0.717) is 5.84 Å². The van der Waals surface area contributed by atoms with Crippen LogP contribution < -0.4 is 10.1 Å². The third-order valence-corrected chi connectivity index (χ3v) is 3.16. The van der Waals surface area contributed by atoms with E-state index in [1.165, 1.54) is 0 Å². The third kappa shape index (κ3) is 2.72. The number of amidine groups is 1. The Morgan fingerprint density at radius 1 is 1.24 bits per heavy atom. The molecule has 106 valence electrons. The number of aromatic nitrogens is 2. The van der Waals surface area contributed by atoms with E-state index in [0.717, 1.165) is 33.9 Å². The van der Waals surface area contributed by atoms with Crippen LogP contribution in [0.3, 0.4) is 0 Å². The molecule has 1 aromatic heterocycles. The predicted molar refractivity (Wildman–Crippen MR) is 85.1 cm³/mol. The van der Waals surface area contributed by atoms with Crippen LogP contribution in [0.4, 0.5) is 5.69 Å². The first kappa shape index (κ1) is 13.2. The van der Waals surface area contributed by atoms with E-state index < -0.39 is 0 Å². The lowest BCUT2D eigenvalue weighted by Crippen LogP contribution is -2.04. The number of ether oxygens (including phenoxy) is 1. The normalized spacial score (nSPS) is 10.6. The molecule has 0 aliphatic heterocycles. The smallest absolute Gasteiger partial charge is 0.138 e. The quantitative estimate of drug-likeness (QED) is 0.506. The first-order valence-electron chi connectivity index (χ1n) is 6.62. The van der Waals surface area contributed by atoms with E-state index in [1.54, 1.807) is 14.0 Å². The highest BCUT2D eigenvalue weighted by atomic mass is 16.5. The van der Waals surface area contributed by atoms with Crippen molar-refractivity contribution < 1.29 is 4.74 Å². The molecule has 0 saturated heterocycles. The summed E-state index contributed by atoms with van der Waals surface area (Å²) in [6, 6.07) is 13.6. The first-order chi connectivity index (χ1) is 10.2. The molecule has 0 spiro atoms. The van der Waals surface area contributed by atoms with Crippen molar-refractivity contribution in [1.29, 1.82) is 5.41 Å². The highest BCUT2D eigenvalue weighted by molar-refractivity contribution is 5.93. The molecule has 3 N–H and O–H groups in total. The van der Waals surface area contributed by atoms with Gasteiger partial charge in [0.15, 0.2) is 0 Å². The van der Waals surface area contributed by atoms with Gasteiger partial charge in [-0.15, -0.1) is 0 Å². The summed E-state index contributed by atoms with van der Waals surface area (Å²) in [6.45, 7) is 1.71. The summed E-state index contributed by atoms with van der Waals surface area (Å²) < 4.78 is 5.24. The number of rotatable bonds is 3. The van der Waals surface area contributed by atoms with Gasteiger partial charge in [-0.25, -0.2) is 4.98 Å². The standard InChI is InChI=1S/C16H16N4O/c1-10(17)18-12-6-7-14-15(9-12)20-16(19-14)11-4-3-5-13(8-11)21-2/h3-9H,1-2H3,(H2,17,18)(H,19,20). The van der Waals surface area contributed by atoms with Crippen molar-refractivity contribution in [2.45, 2.75) is 6.92 Å². The molecule has 0 atom stereocenters. The van der Waals surface area contributed by atoms with Crippen LogP contribution in [0, 0.1) is 5.41 Å². The second-order valence-corrected chi connectivity index (χ2v) is 4.80. The molecular weight excluding hydrogens is 264 g/mol. The number of imidazole rings is 1. The van der Waals surface area contributed by atoms with Crippen LogP contribution in [0.1, 0.15) is 6.92 Å². The maximum atomic E-state index is 7.47. The Morgan fingerprint density at radius 3 is 2.86 bits per heavy atom. The average molecular weight is 280 g/mol. The number of hydrogen-bond donors (Lipinski definition) is 3. The van der Waals surface area contributed by atoms with Gasteiger partial charge < -0.3 is 15.0 Å². The van der Waals surface area contributed by atoms with E-state index in [2.05, 4.69) is 15.3 Å². The van der Waals surface area contributed by atoms with Crippen molar-refractivity contribution in [2.24, 2.45) is 0 Å². The zero-order chi connectivity index (χ0) is 14.8. The molecule has 0 saturated carbocycles. The van der Waals surface area contributed by atoms with E-state index in [4.69, 9.17) is 10.1 Å². The van der Waals surface area contributed by atoms with Gasteiger partial charge in [0.25, 0.3) is 0 Å². The lowest BCUT2D eigenvalue weighted by Gasteiger charge is -2.02. The highest BCUT2D eigenvalue weighted by Crippen LogP contribution is 2.25. The highest BCUT2D eigenvalue weighted by Gasteiger charge is 2.07. The molecular formula is C16H16N4O. The average Bonchev–Trinajstić information content (AvgIpc) is 2.90. The minimum Gasteiger partial charge on any atom is -0.497 e. The second-order valence-electron chi connectivity index (χ2n) is 4.80. The van der Waals surface area contributed by atoms with E-state index in [9.17, 15) is 0 Å². The van der Waals surface area contributed by atoms with Crippen LogP contribution in [-0.4, -0.2) is 22.9 Å². The molecule has 0 unspecified atom stereocenters. The van der Waals surface area contributed by atoms with Crippen LogP contribution in [0.2, 0.25) is 0 Å². The van der Waals surface area contributed by atoms with Crippen molar-refractivity contribution in [2.75, 3.05) is 12.4 Å². The summed E-state index contributed by atoms with van der Waals surface area (Å²) in [4.78, 5) is 7.89. The van der Waals surface area contributed by atoms with Gasteiger partial charge in [0.2, 0.25) is 0 Å². The monoisotopic (exact) mass is 280 g/mol. The number of H-pyrrole nitrogens is 1. The molecule has 3 aromatic rings. The summed E-state index contributed by atoms with van der Waals surface area (Å²) in [7, 11) is 1.65. The fourth-order valence-electron chi connectivity index (χ4n) is 2.21. The summed E-state index contributed by atoms with van der Waals surface area (Å²) in [5.41, 5.74) is 3.67. The molecule has 1 heterocycles. The summed E-state index contributed by atoms with van der Waals surface area (Å²) in [5.74, 6) is 2.00. The number of nitrogens with one attached hydrogen (secondary N) is 3. The third-order valence-electron chi connectivity index (χ3n) is 3.16. The number of fused-ring (bicyclic) bond motifs is 1. The van der Waals surface area contributed by atoms with Gasteiger partial charge in [0.1, 0.15) is 11.6 Å². The number of benzene rings is 2. The summed E-state index contributed by atoms with van der Waals surface area (Å²) >= 11 is 0. The molecule has 21 heavy (non-hydrogen) atoms. The number of methoxy groups -OCH3 is 1. The second kappa shape index (κ2) is 5.28. The number of anilines is 1. The Labute approximate surface area is 122 Å². The molecule has 2 aromatic carbocycles. The Kier molecular flexibility index (Phi) is 3.31.